The van der Waals surface area contributed by atoms with Crippen molar-refractivity contribution in [3.63, 3.8) is 0 Å². The molecule has 180 valence electrons. The third-order valence-corrected chi connectivity index (χ3v) is 5.95. The van der Waals surface area contributed by atoms with Gasteiger partial charge >= 0.3 is 5.97 Å². The van der Waals surface area contributed by atoms with Crippen molar-refractivity contribution >= 4 is 29.3 Å². The number of ether oxygens (including phenoxy) is 2. The Labute approximate surface area is 204 Å². The lowest BCUT2D eigenvalue weighted by molar-refractivity contribution is -0.113. The second-order valence-electron chi connectivity index (χ2n) is 8.06. The molecule has 0 bridgehead atoms. The van der Waals surface area contributed by atoms with Gasteiger partial charge in [-0.2, -0.15) is 0 Å². The summed E-state index contributed by atoms with van der Waals surface area (Å²) in [6.45, 7) is 7.32. The maximum absolute atomic E-state index is 12.6. The number of nitrogens with zero attached hydrogens (tertiary/aromatic N) is 3. The van der Waals surface area contributed by atoms with Gasteiger partial charge in [0.05, 0.1) is 24.1 Å². The third kappa shape index (κ3) is 6.84. The fourth-order valence-corrected chi connectivity index (χ4v) is 4.01. The Morgan fingerprint density at radius 1 is 1.09 bits per heavy atom. The molecule has 1 amide bonds. The van der Waals surface area contributed by atoms with Crippen molar-refractivity contribution in [2.24, 2.45) is 5.92 Å². The zero-order chi connectivity index (χ0) is 24.5. The molecule has 0 fully saturated rings. The van der Waals surface area contributed by atoms with Crippen molar-refractivity contribution in [2.75, 3.05) is 18.2 Å². The van der Waals surface area contributed by atoms with Crippen molar-refractivity contribution in [3.8, 4) is 5.75 Å². The molecule has 3 aromatic rings. The number of thioether (sulfide) groups is 1. The van der Waals surface area contributed by atoms with Crippen LogP contribution < -0.4 is 10.1 Å². The Bertz CT molecular complexity index is 1110. The number of anilines is 1. The quantitative estimate of drug-likeness (QED) is 0.315. The van der Waals surface area contributed by atoms with E-state index in [1.54, 1.807) is 24.3 Å². The Balaban J connectivity index is 1.65. The number of aryl methyl sites for hydroxylation is 1. The van der Waals surface area contributed by atoms with E-state index >= 15 is 0 Å². The number of carbonyl (C=O) groups excluding carboxylic acids is 2. The molecule has 0 unspecified atom stereocenters. The Morgan fingerprint density at radius 2 is 1.82 bits per heavy atom. The number of aromatic nitrogens is 3. The van der Waals surface area contributed by atoms with Crippen molar-refractivity contribution in [2.45, 2.75) is 45.5 Å². The van der Waals surface area contributed by atoms with E-state index in [4.69, 9.17) is 9.47 Å². The minimum Gasteiger partial charge on any atom is -0.486 e. The van der Waals surface area contributed by atoms with Gasteiger partial charge < -0.3 is 19.4 Å². The Morgan fingerprint density at radius 3 is 2.50 bits per heavy atom. The van der Waals surface area contributed by atoms with Gasteiger partial charge in [-0.3, -0.25) is 4.79 Å². The number of hydrogen-bond donors (Lipinski definition) is 1. The van der Waals surface area contributed by atoms with Gasteiger partial charge in [0.25, 0.3) is 0 Å². The van der Waals surface area contributed by atoms with Crippen molar-refractivity contribution < 1.29 is 19.1 Å². The second kappa shape index (κ2) is 12.2. The van der Waals surface area contributed by atoms with Gasteiger partial charge in [0.2, 0.25) is 5.91 Å². The van der Waals surface area contributed by atoms with Gasteiger partial charge in [0.15, 0.2) is 11.0 Å². The van der Waals surface area contributed by atoms with E-state index in [1.165, 1.54) is 24.4 Å². The minimum atomic E-state index is -0.505. The molecule has 2 aromatic carbocycles. The number of amides is 1. The third-order valence-electron chi connectivity index (χ3n) is 4.98. The summed E-state index contributed by atoms with van der Waals surface area (Å²) in [6, 6.07) is 14.7. The lowest BCUT2D eigenvalue weighted by Gasteiger charge is -2.13. The minimum absolute atomic E-state index is 0.116. The molecule has 1 N–H and O–H groups in total. The molecule has 0 atom stereocenters. The van der Waals surface area contributed by atoms with Crippen LogP contribution in [0.2, 0.25) is 0 Å². The fourth-order valence-electron chi connectivity index (χ4n) is 3.25. The molecule has 3 rings (SSSR count). The van der Waals surface area contributed by atoms with Crippen LogP contribution in [0.3, 0.4) is 0 Å². The normalized spacial score (nSPS) is 10.9. The first-order valence-electron chi connectivity index (χ1n) is 11.1. The van der Waals surface area contributed by atoms with E-state index < -0.39 is 5.97 Å². The average molecular weight is 483 g/mol. The zero-order valence-electron chi connectivity index (χ0n) is 19.9. The average Bonchev–Trinajstić information content (AvgIpc) is 3.22. The van der Waals surface area contributed by atoms with Crippen LogP contribution in [-0.2, 0) is 29.1 Å². The summed E-state index contributed by atoms with van der Waals surface area (Å²) in [5.41, 5.74) is 1.96. The Hall–Kier alpha value is -3.33. The van der Waals surface area contributed by atoms with Crippen molar-refractivity contribution in [1.82, 2.24) is 14.8 Å². The maximum Gasteiger partial charge on any atom is 0.339 e. The van der Waals surface area contributed by atoms with Crippen LogP contribution in [0.5, 0.6) is 5.75 Å². The lowest BCUT2D eigenvalue weighted by atomic mass is 10.2. The summed E-state index contributed by atoms with van der Waals surface area (Å²) in [7, 11) is 1.31. The highest BCUT2D eigenvalue weighted by atomic mass is 32.2. The molecule has 8 nitrogen and oxygen atoms in total. The Kier molecular flexibility index (Phi) is 9.09. The number of carbonyl (C=O) groups is 2. The maximum atomic E-state index is 12.6. The highest BCUT2D eigenvalue weighted by Gasteiger charge is 2.17. The number of hydrogen-bond acceptors (Lipinski definition) is 7. The molecule has 0 saturated carbocycles. The first kappa shape index (κ1) is 25.3. The highest BCUT2D eigenvalue weighted by molar-refractivity contribution is 7.99. The number of methoxy groups -OCH3 is 1. The van der Waals surface area contributed by atoms with Gasteiger partial charge in [0.1, 0.15) is 12.4 Å². The van der Waals surface area contributed by atoms with Gasteiger partial charge in [-0.15, -0.1) is 10.2 Å². The predicted molar refractivity (Wildman–Crippen MR) is 132 cm³/mol. The molecule has 0 aliphatic heterocycles. The SMILES string of the molecule is CCc1ccc(OCc2nnc(SCC(=O)Nc3ccccc3C(=O)OC)n2CC(C)C)cc1. The number of nitrogens with one attached hydrogen (secondary N) is 1. The van der Waals surface area contributed by atoms with E-state index in [-0.39, 0.29) is 18.3 Å². The van der Waals surface area contributed by atoms with Crippen LogP contribution >= 0.6 is 11.8 Å². The van der Waals surface area contributed by atoms with Gasteiger partial charge in [0, 0.05) is 6.54 Å². The molecule has 34 heavy (non-hydrogen) atoms. The fraction of sp³-hybridized carbons (Fsp3) is 0.360. The number of para-hydroxylation sites is 1. The van der Waals surface area contributed by atoms with E-state index in [2.05, 4.69) is 36.3 Å². The molecule has 9 heteroatoms. The molecule has 0 saturated heterocycles. The van der Waals surface area contributed by atoms with E-state index in [1.807, 2.05) is 28.8 Å². The molecule has 1 heterocycles. The molecular weight excluding hydrogens is 452 g/mol. The summed E-state index contributed by atoms with van der Waals surface area (Å²) in [5.74, 6) is 1.19. The smallest absolute Gasteiger partial charge is 0.339 e. The van der Waals surface area contributed by atoms with Gasteiger partial charge in [-0.25, -0.2) is 4.79 Å². The first-order valence-corrected chi connectivity index (χ1v) is 12.1. The molecule has 0 aliphatic carbocycles. The number of rotatable bonds is 11. The lowest BCUT2D eigenvalue weighted by Crippen LogP contribution is -2.18. The molecule has 0 aliphatic rings. The predicted octanol–water partition coefficient (Wildman–Crippen LogP) is 4.59. The van der Waals surface area contributed by atoms with Gasteiger partial charge in [-0.05, 0) is 42.2 Å². The van der Waals surface area contributed by atoms with Crippen LogP contribution in [0.15, 0.2) is 53.7 Å². The number of esters is 1. The summed E-state index contributed by atoms with van der Waals surface area (Å²) in [6.07, 6.45) is 0.978. The monoisotopic (exact) mass is 482 g/mol. The summed E-state index contributed by atoms with van der Waals surface area (Å²) < 4.78 is 12.7. The first-order chi connectivity index (χ1) is 16.4. The summed E-state index contributed by atoms with van der Waals surface area (Å²) >= 11 is 1.29. The van der Waals surface area contributed by atoms with E-state index in [0.29, 0.717) is 34.7 Å². The molecule has 0 radical (unpaired) electrons. The second-order valence-corrected chi connectivity index (χ2v) is 9.01. The van der Waals surface area contributed by atoms with Crippen LogP contribution in [0.25, 0.3) is 0 Å². The molecule has 1 aromatic heterocycles. The van der Waals surface area contributed by atoms with E-state index in [0.717, 1.165) is 12.2 Å². The van der Waals surface area contributed by atoms with Crippen molar-refractivity contribution in [1.29, 1.82) is 0 Å². The van der Waals surface area contributed by atoms with Crippen LogP contribution in [0.1, 0.15) is 42.5 Å². The van der Waals surface area contributed by atoms with Crippen LogP contribution in [0, 0.1) is 5.92 Å². The highest BCUT2D eigenvalue weighted by Crippen LogP contribution is 2.22. The number of benzene rings is 2. The van der Waals surface area contributed by atoms with Crippen LogP contribution in [-0.4, -0.2) is 39.5 Å². The molecular formula is C25H30N4O4S. The van der Waals surface area contributed by atoms with Crippen molar-refractivity contribution in [3.05, 3.63) is 65.5 Å². The topological polar surface area (TPSA) is 95.3 Å². The zero-order valence-corrected chi connectivity index (χ0v) is 20.7. The van der Waals surface area contributed by atoms with E-state index in [9.17, 15) is 9.59 Å². The summed E-state index contributed by atoms with van der Waals surface area (Å²) in [5, 5.41) is 12.0. The summed E-state index contributed by atoms with van der Waals surface area (Å²) in [4.78, 5) is 24.5. The van der Waals surface area contributed by atoms with Crippen LogP contribution in [0.4, 0.5) is 5.69 Å². The standard InChI is InChI=1S/C25H30N4O4S/c1-5-18-10-12-19(13-11-18)33-15-22-27-28-25(29(22)14-17(2)3)34-16-23(30)26-21-9-7-6-8-20(21)24(31)32-4/h6-13,17H,5,14-16H2,1-4H3,(H,26,30). The largest absolute Gasteiger partial charge is 0.486 e. The molecule has 0 spiro atoms. The van der Waals surface area contributed by atoms with Gasteiger partial charge in [-0.1, -0.05) is 56.8 Å².